The second kappa shape index (κ2) is 6.09. The molecule has 4 nitrogen and oxygen atoms in total. The first-order valence-corrected chi connectivity index (χ1v) is 6.96. The van der Waals surface area contributed by atoms with Gasteiger partial charge in [-0.3, -0.25) is 0 Å². The molecule has 0 aromatic heterocycles. The molecule has 0 fully saturated rings. The molecular formula is C11H17FN2O2S. The van der Waals surface area contributed by atoms with Crippen LogP contribution in [0.2, 0.25) is 0 Å². The molecule has 0 aliphatic carbocycles. The van der Waals surface area contributed by atoms with Crippen molar-refractivity contribution in [3.8, 4) is 0 Å². The van der Waals surface area contributed by atoms with E-state index in [1.165, 1.54) is 13.1 Å². The molecule has 0 aliphatic rings. The zero-order valence-electron chi connectivity index (χ0n) is 9.77. The minimum Gasteiger partial charge on any atom is -0.330 e. The highest BCUT2D eigenvalue weighted by atomic mass is 32.2. The Hall–Kier alpha value is -0.980. The summed E-state index contributed by atoms with van der Waals surface area (Å²) in [6.45, 7) is 0.367. The van der Waals surface area contributed by atoms with E-state index in [-0.39, 0.29) is 12.3 Å². The van der Waals surface area contributed by atoms with Gasteiger partial charge in [0.05, 0.1) is 5.75 Å². The van der Waals surface area contributed by atoms with Crippen LogP contribution in [0.1, 0.15) is 12.0 Å². The van der Waals surface area contributed by atoms with Crippen molar-refractivity contribution < 1.29 is 12.8 Å². The molecule has 0 atom stereocenters. The zero-order chi connectivity index (χ0) is 12.9. The highest BCUT2D eigenvalue weighted by Gasteiger charge is 2.18. The third-order valence-electron chi connectivity index (χ3n) is 2.43. The topological polar surface area (TPSA) is 63.4 Å². The molecule has 1 aromatic rings. The summed E-state index contributed by atoms with van der Waals surface area (Å²) in [5, 5.41) is 0. The molecule has 1 aromatic carbocycles. The van der Waals surface area contributed by atoms with Crippen LogP contribution in [0.5, 0.6) is 0 Å². The molecule has 0 saturated heterocycles. The van der Waals surface area contributed by atoms with Gasteiger partial charge in [0.15, 0.2) is 0 Å². The maximum absolute atomic E-state index is 13.3. The summed E-state index contributed by atoms with van der Waals surface area (Å²) in [4.78, 5) is 0. The smallest absolute Gasteiger partial charge is 0.214 e. The first-order chi connectivity index (χ1) is 7.97. The van der Waals surface area contributed by atoms with Crippen LogP contribution in [0, 0.1) is 5.82 Å². The van der Waals surface area contributed by atoms with E-state index >= 15 is 0 Å². The van der Waals surface area contributed by atoms with Gasteiger partial charge < -0.3 is 5.73 Å². The normalized spacial score (nSPS) is 12.0. The molecular weight excluding hydrogens is 243 g/mol. The lowest BCUT2D eigenvalue weighted by Crippen LogP contribution is -2.30. The van der Waals surface area contributed by atoms with E-state index in [1.54, 1.807) is 18.2 Å². The summed E-state index contributed by atoms with van der Waals surface area (Å²) in [6.07, 6.45) is 0.407. The van der Waals surface area contributed by atoms with Crippen LogP contribution in [0.25, 0.3) is 0 Å². The third-order valence-corrected chi connectivity index (χ3v) is 4.32. The summed E-state index contributed by atoms with van der Waals surface area (Å²) >= 11 is 0. The molecule has 0 radical (unpaired) electrons. The number of hydrogen-bond donors (Lipinski definition) is 1. The molecule has 0 aliphatic heterocycles. The molecule has 17 heavy (non-hydrogen) atoms. The minimum atomic E-state index is -3.35. The lowest BCUT2D eigenvalue weighted by Gasteiger charge is -2.17. The average Bonchev–Trinajstić information content (AvgIpc) is 2.29. The van der Waals surface area contributed by atoms with Crippen molar-refractivity contribution in [1.29, 1.82) is 0 Å². The number of benzene rings is 1. The van der Waals surface area contributed by atoms with Crippen LogP contribution in [0.15, 0.2) is 24.3 Å². The molecule has 0 heterocycles. The molecule has 0 saturated carbocycles. The van der Waals surface area contributed by atoms with E-state index in [0.29, 0.717) is 18.5 Å². The number of sulfonamides is 1. The van der Waals surface area contributed by atoms with Gasteiger partial charge in [0, 0.05) is 19.2 Å². The fourth-order valence-corrected chi connectivity index (χ4v) is 2.57. The maximum atomic E-state index is 13.3. The van der Waals surface area contributed by atoms with Crippen molar-refractivity contribution in [1.82, 2.24) is 4.31 Å². The molecule has 2 N–H and O–H groups in total. The Kier molecular flexibility index (Phi) is 5.04. The van der Waals surface area contributed by atoms with Crippen LogP contribution in [0.4, 0.5) is 4.39 Å². The molecule has 96 valence electrons. The molecule has 1 rings (SSSR count). The lowest BCUT2D eigenvalue weighted by atomic mass is 10.2. The number of nitrogens with zero attached hydrogens (tertiary/aromatic N) is 1. The lowest BCUT2D eigenvalue weighted by molar-refractivity contribution is 0.455. The standard InChI is InChI=1S/C11H17FN2O2S/c1-14(17(15,16)8-4-7-13)9-10-5-2-3-6-11(10)12/h2-3,5-6H,4,7-9,13H2,1H3. The van der Waals surface area contributed by atoms with E-state index < -0.39 is 15.8 Å². The van der Waals surface area contributed by atoms with Gasteiger partial charge in [-0.2, -0.15) is 0 Å². The van der Waals surface area contributed by atoms with Crippen LogP contribution >= 0.6 is 0 Å². The van der Waals surface area contributed by atoms with E-state index in [9.17, 15) is 12.8 Å². The second-order valence-electron chi connectivity index (χ2n) is 3.81. The Morgan fingerprint density at radius 1 is 1.35 bits per heavy atom. The van der Waals surface area contributed by atoms with Crippen LogP contribution < -0.4 is 5.73 Å². The highest BCUT2D eigenvalue weighted by Crippen LogP contribution is 2.11. The Morgan fingerprint density at radius 2 is 2.00 bits per heavy atom. The Bertz CT molecular complexity index is 462. The van der Waals surface area contributed by atoms with Crippen LogP contribution in [-0.2, 0) is 16.6 Å². The zero-order valence-corrected chi connectivity index (χ0v) is 10.6. The summed E-state index contributed by atoms with van der Waals surface area (Å²) < 4.78 is 38.0. The first kappa shape index (κ1) is 14.1. The van der Waals surface area contributed by atoms with Crippen molar-refractivity contribution in [3.63, 3.8) is 0 Å². The van der Waals surface area contributed by atoms with Crippen molar-refractivity contribution in [2.75, 3.05) is 19.3 Å². The first-order valence-electron chi connectivity index (χ1n) is 5.35. The summed E-state index contributed by atoms with van der Waals surface area (Å²) in [5.74, 6) is -0.401. The van der Waals surface area contributed by atoms with E-state index in [1.807, 2.05) is 0 Å². The molecule has 0 spiro atoms. The summed E-state index contributed by atoms with van der Waals surface area (Å²) in [7, 11) is -1.91. The molecule has 0 bridgehead atoms. The van der Waals surface area contributed by atoms with Crippen molar-refractivity contribution in [2.45, 2.75) is 13.0 Å². The Labute approximate surface area is 101 Å². The summed E-state index contributed by atoms with van der Waals surface area (Å²) in [5.41, 5.74) is 5.64. The van der Waals surface area contributed by atoms with Gasteiger partial charge in [-0.25, -0.2) is 17.1 Å². The van der Waals surface area contributed by atoms with Crippen molar-refractivity contribution in [3.05, 3.63) is 35.6 Å². The SMILES string of the molecule is CN(Cc1ccccc1F)S(=O)(=O)CCCN. The van der Waals surface area contributed by atoms with E-state index in [4.69, 9.17) is 5.73 Å². The summed E-state index contributed by atoms with van der Waals surface area (Å²) in [6, 6.07) is 6.14. The average molecular weight is 260 g/mol. The maximum Gasteiger partial charge on any atom is 0.214 e. The number of hydrogen-bond acceptors (Lipinski definition) is 3. The number of rotatable bonds is 6. The van der Waals surface area contributed by atoms with Gasteiger partial charge in [-0.05, 0) is 19.0 Å². The number of halogens is 1. The van der Waals surface area contributed by atoms with Gasteiger partial charge in [-0.15, -0.1) is 0 Å². The predicted molar refractivity (Wildman–Crippen MR) is 65.3 cm³/mol. The van der Waals surface area contributed by atoms with Crippen LogP contribution in [-0.4, -0.2) is 32.1 Å². The van der Waals surface area contributed by atoms with E-state index in [2.05, 4.69) is 0 Å². The minimum absolute atomic E-state index is 0.00550. The van der Waals surface area contributed by atoms with E-state index in [0.717, 1.165) is 4.31 Å². The number of nitrogens with two attached hydrogens (primary N) is 1. The third kappa shape index (κ3) is 4.07. The molecule has 6 heteroatoms. The largest absolute Gasteiger partial charge is 0.330 e. The molecule has 0 unspecified atom stereocenters. The van der Waals surface area contributed by atoms with Gasteiger partial charge >= 0.3 is 0 Å². The van der Waals surface area contributed by atoms with Gasteiger partial charge in [0.25, 0.3) is 0 Å². The quantitative estimate of drug-likeness (QED) is 0.828. The highest BCUT2D eigenvalue weighted by molar-refractivity contribution is 7.89. The Balaban J connectivity index is 2.72. The van der Waals surface area contributed by atoms with Crippen molar-refractivity contribution in [2.24, 2.45) is 5.73 Å². The van der Waals surface area contributed by atoms with Gasteiger partial charge in [0.2, 0.25) is 10.0 Å². The predicted octanol–water partition coefficient (Wildman–Crippen LogP) is 0.936. The van der Waals surface area contributed by atoms with Crippen molar-refractivity contribution >= 4 is 10.0 Å². The fraction of sp³-hybridized carbons (Fsp3) is 0.455. The second-order valence-corrected chi connectivity index (χ2v) is 6.00. The molecule has 0 amide bonds. The van der Waals surface area contributed by atoms with Gasteiger partial charge in [0.1, 0.15) is 5.82 Å². The fourth-order valence-electron chi connectivity index (χ4n) is 1.39. The Morgan fingerprint density at radius 3 is 2.59 bits per heavy atom. The van der Waals surface area contributed by atoms with Crippen LogP contribution in [0.3, 0.4) is 0 Å². The van der Waals surface area contributed by atoms with Gasteiger partial charge in [-0.1, -0.05) is 18.2 Å². The monoisotopic (exact) mass is 260 g/mol.